The zero-order valence-corrected chi connectivity index (χ0v) is 17.9. The first-order valence-electron chi connectivity index (χ1n) is 9.32. The predicted molar refractivity (Wildman–Crippen MR) is 120 cm³/mol. The fourth-order valence-corrected chi connectivity index (χ4v) is 3.29. The molecule has 1 heterocycles. The van der Waals surface area contributed by atoms with Crippen molar-refractivity contribution in [2.75, 3.05) is 32.8 Å². The summed E-state index contributed by atoms with van der Waals surface area (Å²) >= 11 is 0. The third kappa shape index (κ3) is 6.42. The fourth-order valence-electron chi connectivity index (χ4n) is 3.29. The van der Waals surface area contributed by atoms with E-state index < -0.39 is 0 Å². The van der Waals surface area contributed by atoms with E-state index in [1.165, 1.54) is 5.56 Å². The largest absolute Gasteiger partial charge is 0.490 e. The summed E-state index contributed by atoms with van der Waals surface area (Å²) in [4.78, 5) is 2.44. The summed E-state index contributed by atoms with van der Waals surface area (Å²) in [6.07, 6.45) is 2.01. The molecule has 1 fully saturated rings. The Morgan fingerprint density at radius 3 is 2.39 bits per heavy atom. The van der Waals surface area contributed by atoms with Gasteiger partial charge in [-0.1, -0.05) is 42.5 Å². The Kier molecular flexibility index (Phi) is 11.0. The van der Waals surface area contributed by atoms with Crippen molar-refractivity contribution in [2.45, 2.75) is 19.6 Å². The highest BCUT2D eigenvalue weighted by Gasteiger charge is 2.20. The maximum absolute atomic E-state index is 6.02. The Labute approximate surface area is 180 Å². The number of halogens is 2. The summed E-state index contributed by atoms with van der Waals surface area (Å²) in [6, 6.07) is 16.6. The van der Waals surface area contributed by atoms with Gasteiger partial charge in [0.2, 0.25) is 0 Å². The summed E-state index contributed by atoms with van der Waals surface area (Å²) in [5.41, 5.74) is 2.33. The Bertz CT molecular complexity index is 707. The van der Waals surface area contributed by atoms with Crippen LogP contribution in [0.3, 0.4) is 0 Å². The van der Waals surface area contributed by atoms with Crippen LogP contribution in [0.4, 0.5) is 0 Å². The van der Waals surface area contributed by atoms with E-state index in [-0.39, 0.29) is 30.9 Å². The molecular weight excluding hydrogens is 395 g/mol. The first-order valence-corrected chi connectivity index (χ1v) is 9.32. The molecule has 1 atom stereocenters. The summed E-state index contributed by atoms with van der Waals surface area (Å²) in [7, 11) is 0. The molecule has 2 aromatic rings. The summed E-state index contributed by atoms with van der Waals surface area (Å²) in [5.74, 6) is 1.57. The highest BCUT2D eigenvalue weighted by atomic mass is 35.5. The smallest absolute Gasteiger partial charge is 0.161 e. The van der Waals surface area contributed by atoms with Crippen LogP contribution in [0.25, 0.3) is 0 Å². The normalized spacial score (nSPS) is 14.9. The second-order valence-corrected chi connectivity index (χ2v) is 6.38. The Balaban J connectivity index is 0.00000196. The van der Waals surface area contributed by atoms with Gasteiger partial charge in [0.25, 0.3) is 0 Å². The quantitative estimate of drug-likeness (QED) is 0.625. The van der Waals surface area contributed by atoms with E-state index in [1.807, 2.05) is 37.3 Å². The van der Waals surface area contributed by atoms with Gasteiger partial charge in [0.15, 0.2) is 11.5 Å². The Morgan fingerprint density at radius 1 is 1.04 bits per heavy atom. The molecule has 0 unspecified atom stereocenters. The van der Waals surface area contributed by atoms with E-state index in [9.17, 15) is 0 Å². The second-order valence-electron chi connectivity index (χ2n) is 6.38. The highest BCUT2D eigenvalue weighted by molar-refractivity contribution is 5.85. The van der Waals surface area contributed by atoms with Crippen LogP contribution >= 0.6 is 24.8 Å². The van der Waals surface area contributed by atoms with Crippen molar-refractivity contribution in [3.05, 3.63) is 72.3 Å². The molecular formula is C22H30Cl2N2O2. The first-order chi connectivity index (χ1) is 12.8. The third-order valence-electron chi connectivity index (χ3n) is 4.61. The van der Waals surface area contributed by atoms with Gasteiger partial charge in [-0.25, -0.2) is 0 Å². The topological polar surface area (TPSA) is 33.7 Å². The van der Waals surface area contributed by atoms with E-state index in [1.54, 1.807) is 0 Å². The summed E-state index contributed by atoms with van der Waals surface area (Å²) in [5, 5.41) is 3.40. The molecule has 0 amide bonds. The molecule has 0 spiro atoms. The lowest BCUT2D eigenvalue weighted by Gasteiger charge is -2.33. The Hall–Kier alpha value is -1.72. The number of hydrogen-bond donors (Lipinski definition) is 1. The number of rotatable bonds is 8. The number of nitrogens with zero attached hydrogens (tertiary/aromatic N) is 1. The minimum absolute atomic E-state index is 0. The van der Waals surface area contributed by atoms with Gasteiger partial charge in [-0.15, -0.1) is 31.4 Å². The predicted octanol–water partition coefficient (Wildman–Crippen LogP) is 4.64. The number of ether oxygens (including phenoxy) is 2. The first kappa shape index (κ1) is 24.3. The Morgan fingerprint density at radius 2 is 1.75 bits per heavy atom. The van der Waals surface area contributed by atoms with Gasteiger partial charge >= 0.3 is 0 Å². The number of piperazine rings is 1. The minimum atomic E-state index is 0. The molecule has 0 saturated carbocycles. The highest BCUT2D eigenvalue weighted by Crippen LogP contribution is 2.33. The van der Waals surface area contributed by atoms with Gasteiger partial charge in [0.1, 0.15) is 6.61 Å². The van der Waals surface area contributed by atoms with Gasteiger partial charge in [-0.3, -0.25) is 4.90 Å². The van der Waals surface area contributed by atoms with E-state index in [4.69, 9.17) is 9.47 Å². The fraction of sp³-hybridized carbons (Fsp3) is 0.364. The zero-order chi connectivity index (χ0) is 18.2. The molecule has 0 bridgehead atoms. The second kappa shape index (κ2) is 12.7. The van der Waals surface area contributed by atoms with E-state index >= 15 is 0 Å². The number of benzene rings is 2. The molecule has 1 aliphatic heterocycles. The lowest BCUT2D eigenvalue weighted by molar-refractivity contribution is 0.202. The zero-order valence-electron chi connectivity index (χ0n) is 16.3. The minimum Gasteiger partial charge on any atom is -0.490 e. The van der Waals surface area contributed by atoms with Gasteiger partial charge in [-0.05, 0) is 30.2 Å². The molecule has 154 valence electrons. The molecule has 6 heteroatoms. The van der Waals surface area contributed by atoms with Crippen LogP contribution in [0.2, 0.25) is 0 Å². The van der Waals surface area contributed by atoms with Crippen molar-refractivity contribution in [3.8, 4) is 11.5 Å². The van der Waals surface area contributed by atoms with Gasteiger partial charge in [0, 0.05) is 26.2 Å². The van der Waals surface area contributed by atoms with Crippen LogP contribution in [0, 0.1) is 0 Å². The van der Waals surface area contributed by atoms with Crippen LogP contribution in [-0.4, -0.2) is 37.7 Å². The third-order valence-corrected chi connectivity index (χ3v) is 4.61. The number of nitrogens with one attached hydrogen (secondary N) is 1. The number of hydrogen-bond acceptors (Lipinski definition) is 4. The van der Waals surface area contributed by atoms with E-state index in [2.05, 4.69) is 41.1 Å². The SMILES string of the molecule is C=C[C@@H](c1ccc(OCc2ccccc2)c(OCC)c1)N1CCNCC1.Cl.Cl. The van der Waals surface area contributed by atoms with Crippen molar-refractivity contribution in [2.24, 2.45) is 0 Å². The molecule has 28 heavy (non-hydrogen) atoms. The van der Waals surface area contributed by atoms with Gasteiger partial charge < -0.3 is 14.8 Å². The van der Waals surface area contributed by atoms with E-state index in [0.29, 0.717) is 13.2 Å². The van der Waals surface area contributed by atoms with Crippen LogP contribution < -0.4 is 14.8 Å². The average Bonchev–Trinajstić information content (AvgIpc) is 2.70. The molecule has 0 aromatic heterocycles. The summed E-state index contributed by atoms with van der Waals surface area (Å²) in [6.45, 7) is 11.3. The standard InChI is InChI=1S/C22H28N2O2.2ClH/c1-3-20(24-14-12-23-13-15-24)19-10-11-21(22(16-19)25-4-2)26-17-18-8-6-5-7-9-18;;/h3,5-11,16,20,23H,1,4,12-15,17H2,2H3;2*1H/t20-;;/m0../s1. The average molecular weight is 425 g/mol. The molecule has 1 saturated heterocycles. The van der Waals surface area contributed by atoms with Crippen LogP contribution in [0.15, 0.2) is 61.2 Å². The van der Waals surface area contributed by atoms with Crippen molar-refractivity contribution < 1.29 is 9.47 Å². The van der Waals surface area contributed by atoms with Crippen molar-refractivity contribution >= 4 is 24.8 Å². The lowest BCUT2D eigenvalue weighted by atomic mass is 10.0. The molecule has 0 aliphatic carbocycles. The molecule has 1 N–H and O–H groups in total. The monoisotopic (exact) mass is 424 g/mol. The van der Waals surface area contributed by atoms with Crippen molar-refractivity contribution in [3.63, 3.8) is 0 Å². The van der Waals surface area contributed by atoms with Crippen molar-refractivity contribution in [1.82, 2.24) is 10.2 Å². The molecule has 2 aromatic carbocycles. The van der Waals surface area contributed by atoms with Gasteiger partial charge in [-0.2, -0.15) is 0 Å². The van der Waals surface area contributed by atoms with Crippen LogP contribution in [0.1, 0.15) is 24.1 Å². The lowest BCUT2D eigenvalue weighted by Crippen LogP contribution is -2.44. The molecule has 3 rings (SSSR count). The van der Waals surface area contributed by atoms with Gasteiger partial charge in [0.05, 0.1) is 12.6 Å². The maximum atomic E-state index is 6.02. The van der Waals surface area contributed by atoms with E-state index in [0.717, 1.165) is 43.2 Å². The van der Waals surface area contributed by atoms with Crippen LogP contribution in [-0.2, 0) is 6.61 Å². The maximum Gasteiger partial charge on any atom is 0.161 e. The van der Waals surface area contributed by atoms with Crippen molar-refractivity contribution in [1.29, 1.82) is 0 Å². The molecule has 4 nitrogen and oxygen atoms in total. The summed E-state index contributed by atoms with van der Waals surface area (Å²) < 4.78 is 11.9. The van der Waals surface area contributed by atoms with Crippen LogP contribution in [0.5, 0.6) is 11.5 Å². The molecule has 0 radical (unpaired) electrons. The molecule has 1 aliphatic rings.